The molecule has 0 aliphatic heterocycles. The van der Waals surface area contributed by atoms with E-state index in [4.69, 9.17) is 9.26 Å². The molecule has 2 heterocycles. The second kappa shape index (κ2) is 6.95. The van der Waals surface area contributed by atoms with Crippen molar-refractivity contribution < 1.29 is 14.1 Å². The number of aromatic nitrogens is 4. The third-order valence-electron chi connectivity index (χ3n) is 3.56. The normalized spacial score (nSPS) is 11.9. The van der Waals surface area contributed by atoms with Gasteiger partial charge < -0.3 is 14.6 Å². The van der Waals surface area contributed by atoms with Crippen molar-refractivity contribution in [1.29, 1.82) is 0 Å². The number of carbonyl (C=O) groups is 1. The average Bonchev–Trinajstić information content (AvgIpc) is 3.30. The van der Waals surface area contributed by atoms with Gasteiger partial charge in [-0.3, -0.25) is 4.79 Å². The van der Waals surface area contributed by atoms with E-state index in [1.165, 1.54) is 6.33 Å². The van der Waals surface area contributed by atoms with Crippen molar-refractivity contribution in [2.24, 2.45) is 0 Å². The summed E-state index contributed by atoms with van der Waals surface area (Å²) < 4.78 is 12.2. The molecule has 2 aromatic heterocycles. The molecule has 0 radical (unpaired) electrons. The summed E-state index contributed by atoms with van der Waals surface area (Å²) in [5.74, 6) is 0.814. The Hall–Kier alpha value is -3.16. The molecule has 0 saturated carbocycles. The molecule has 0 aliphatic rings. The molecule has 0 bridgehead atoms. The lowest BCUT2D eigenvalue weighted by Gasteiger charge is -2.11. The first-order chi connectivity index (χ1) is 11.7. The van der Waals surface area contributed by atoms with Crippen LogP contribution >= 0.6 is 0 Å². The molecular weight excluding hydrogens is 310 g/mol. The Morgan fingerprint density at radius 2 is 2.25 bits per heavy atom. The largest absolute Gasteiger partial charge is 0.496 e. The molecule has 1 N–H and O–H groups in total. The summed E-state index contributed by atoms with van der Waals surface area (Å²) in [5, 5.41) is 10.7. The number of amides is 1. The number of hydrogen-bond acceptors (Lipinski definition) is 6. The Morgan fingerprint density at radius 1 is 1.42 bits per heavy atom. The lowest BCUT2D eigenvalue weighted by Crippen LogP contribution is -2.30. The number of carbonyl (C=O) groups excluding carboxylic acids is 1. The molecule has 8 heteroatoms. The van der Waals surface area contributed by atoms with E-state index in [0.29, 0.717) is 18.1 Å². The molecule has 0 saturated heterocycles. The number of hydrogen-bond donors (Lipinski definition) is 1. The highest BCUT2D eigenvalue weighted by molar-refractivity contribution is 5.93. The molecule has 0 spiro atoms. The molecule has 0 fully saturated rings. The van der Waals surface area contributed by atoms with Gasteiger partial charge in [-0.15, -0.1) is 0 Å². The topological polar surface area (TPSA) is 95.1 Å². The minimum atomic E-state index is -0.313. The number of rotatable bonds is 6. The average molecular weight is 327 g/mol. The van der Waals surface area contributed by atoms with Crippen LogP contribution in [0.3, 0.4) is 0 Å². The van der Waals surface area contributed by atoms with E-state index in [-0.39, 0.29) is 17.6 Å². The van der Waals surface area contributed by atoms with Crippen LogP contribution in [-0.2, 0) is 0 Å². The number of benzene rings is 1. The zero-order valence-corrected chi connectivity index (χ0v) is 13.3. The van der Waals surface area contributed by atoms with Crippen LogP contribution in [0.5, 0.6) is 5.75 Å². The molecular formula is C16H17N5O3. The summed E-state index contributed by atoms with van der Waals surface area (Å²) in [6.07, 6.45) is 3.06. The Morgan fingerprint density at radius 3 is 3.00 bits per heavy atom. The highest BCUT2D eigenvalue weighted by Gasteiger charge is 2.17. The van der Waals surface area contributed by atoms with Gasteiger partial charge in [0.25, 0.3) is 5.91 Å². The van der Waals surface area contributed by atoms with Crippen LogP contribution in [0.1, 0.15) is 23.5 Å². The molecule has 124 valence electrons. The number of ether oxygens (including phenoxy) is 1. The Balaban J connectivity index is 1.68. The van der Waals surface area contributed by atoms with Gasteiger partial charge in [-0.25, -0.2) is 9.67 Å². The van der Waals surface area contributed by atoms with Crippen LogP contribution in [0, 0.1) is 0 Å². The van der Waals surface area contributed by atoms with Crippen molar-refractivity contribution in [3.8, 4) is 17.1 Å². The second-order valence-electron chi connectivity index (χ2n) is 5.21. The van der Waals surface area contributed by atoms with Gasteiger partial charge in [-0.2, -0.15) is 5.10 Å². The number of para-hydroxylation sites is 1. The minimum Gasteiger partial charge on any atom is -0.496 e. The van der Waals surface area contributed by atoms with E-state index in [0.717, 1.165) is 5.56 Å². The van der Waals surface area contributed by atoms with Crippen molar-refractivity contribution in [3.63, 3.8) is 0 Å². The van der Waals surface area contributed by atoms with Crippen molar-refractivity contribution in [1.82, 2.24) is 25.2 Å². The van der Waals surface area contributed by atoms with Crippen LogP contribution in [0.2, 0.25) is 0 Å². The summed E-state index contributed by atoms with van der Waals surface area (Å²) in [7, 11) is 1.58. The van der Waals surface area contributed by atoms with E-state index < -0.39 is 0 Å². The fourth-order valence-electron chi connectivity index (χ4n) is 2.23. The molecule has 1 atom stereocenters. The zero-order chi connectivity index (χ0) is 16.9. The maximum absolute atomic E-state index is 12.2. The highest BCUT2D eigenvalue weighted by Crippen LogP contribution is 2.29. The van der Waals surface area contributed by atoms with Gasteiger partial charge >= 0.3 is 0 Å². The lowest BCUT2D eigenvalue weighted by atomic mass is 10.1. The minimum absolute atomic E-state index is 0.0166. The monoisotopic (exact) mass is 327 g/mol. The maximum atomic E-state index is 12.2. The number of methoxy groups -OCH3 is 1. The Bertz CT molecular complexity index is 813. The third kappa shape index (κ3) is 3.27. The quantitative estimate of drug-likeness (QED) is 0.743. The first-order valence-electron chi connectivity index (χ1n) is 7.41. The van der Waals surface area contributed by atoms with Crippen LogP contribution in [0.15, 0.2) is 47.5 Å². The smallest absolute Gasteiger partial charge is 0.273 e. The fourth-order valence-corrected chi connectivity index (χ4v) is 2.23. The zero-order valence-electron chi connectivity index (χ0n) is 13.3. The molecule has 0 aliphatic carbocycles. The maximum Gasteiger partial charge on any atom is 0.273 e. The van der Waals surface area contributed by atoms with E-state index >= 15 is 0 Å². The summed E-state index contributed by atoms with van der Waals surface area (Å²) in [5.41, 5.74) is 0.948. The van der Waals surface area contributed by atoms with E-state index in [2.05, 4.69) is 20.6 Å². The van der Waals surface area contributed by atoms with Crippen molar-refractivity contribution in [3.05, 3.63) is 48.7 Å². The Kier molecular flexibility index (Phi) is 4.55. The summed E-state index contributed by atoms with van der Waals surface area (Å²) in [4.78, 5) is 16.1. The van der Waals surface area contributed by atoms with Crippen LogP contribution < -0.4 is 10.1 Å². The fraction of sp³-hybridized carbons (Fsp3) is 0.250. The first-order valence-corrected chi connectivity index (χ1v) is 7.41. The van der Waals surface area contributed by atoms with E-state index in [9.17, 15) is 4.79 Å². The van der Waals surface area contributed by atoms with Gasteiger partial charge in [-0.05, 0) is 19.1 Å². The predicted octanol–water partition coefficient (Wildman–Crippen LogP) is 1.93. The van der Waals surface area contributed by atoms with E-state index in [1.807, 2.05) is 31.2 Å². The van der Waals surface area contributed by atoms with Gasteiger partial charge in [0.2, 0.25) is 0 Å². The van der Waals surface area contributed by atoms with Gasteiger partial charge in [0, 0.05) is 12.6 Å². The number of nitrogens with one attached hydrogen (secondary N) is 1. The van der Waals surface area contributed by atoms with Crippen molar-refractivity contribution in [2.45, 2.75) is 13.0 Å². The van der Waals surface area contributed by atoms with Gasteiger partial charge in [0.15, 0.2) is 11.5 Å². The van der Waals surface area contributed by atoms with Gasteiger partial charge in [0.1, 0.15) is 18.4 Å². The molecule has 1 aromatic carbocycles. The number of nitrogens with zero attached hydrogens (tertiary/aromatic N) is 4. The molecule has 1 amide bonds. The van der Waals surface area contributed by atoms with Gasteiger partial charge in [-0.1, -0.05) is 17.3 Å². The summed E-state index contributed by atoms with van der Waals surface area (Å²) in [6, 6.07) is 8.95. The standard InChI is InChI=1S/C16H17N5O3/c1-11(21-10-17-9-19-21)8-18-16(22)13-7-15(24-20-13)12-5-3-4-6-14(12)23-2/h3-7,9-11H,8H2,1-2H3,(H,18,22)/t11-/m1/s1. The van der Waals surface area contributed by atoms with Gasteiger partial charge in [0.05, 0.1) is 18.7 Å². The third-order valence-corrected chi connectivity index (χ3v) is 3.56. The Labute approximate surface area is 138 Å². The van der Waals surface area contributed by atoms with Crippen LogP contribution in [0.25, 0.3) is 11.3 Å². The molecule has 8 nitrogen and oxygen atoms in total. The summed E-state index contributed by atoms with van der Waals surface area (Å²) in [6.45, 7) is 2.33. The first kappa shape index (κ1) is 15.7. The molecule has 3 rings (SSSR count). The predicted molar refractivity (Wildman–Crippen MR) is 85.6 cm³/mol. The van der Waals surface area contributed by atoms with Crippen LogP contribution in [0.4, 0.5) is 0 Å². The molecule has 3 aromatic rings. The van der Waals surface area contributed by atoms with E-state index in [1.54, 1.807) is 24.2 Å². The summed E-state index contributed by atoms with van der Waals surface area (Å²) >= 11 is 0. The van der Waals surface area contributed by atoms with Crippen molar-refractivity contribution in [2.75, 3.05) is 13.7 Å². The molecule has 0 unspecified atom stereocenters. The van der Waals surface area contributed by atoms with Crippen LogP contribution in [-0.4, -0.2) is 39.5 Å². The molecule has 24 heavy (non-hydrogen) atoms. The second-order valence-corrected chi connectivity index (χ2v) is 5.21. The van der Waals surface area contributed by atoms with Crippen molar-refractivity contribution >= 4 is 5.91 Å². The SMILES string of the molecule is COc1ccccc1-c1cc(C(=O)NC[C@@H](C)n2cncn2)no1. The lowest BCUT2D eigenvalue weighted by molar-refractivity contribution is 0.0939. The highest BCUT2D eigenvalue weighted by atomic mass is 16.5.